The van der Waals surface area contributed by atoms with Crippen molar-refractivity contribution in [3.05, 3.63) is 29.8 Å². The molecule has 64 valence electrons. The molecule has 0 fully saturated rings. The van der Waals surface area contributed by atoms with E-state index in [1.807, 2.05) is 0 Å². The van der Waals surface area contributed by atoms with Crippen molar-refractivity contribution in [2.24, 2.45) is 0 Å². The number of carbonyl (C=O) groups is 1. The summed E-state index contributed by atoms with van der Waals surface area (Å²) in [6, 6.07) is 6.82. The predicted molar refractivity (Wildman–Crippen MR) is 44.1 cm³/mol. The molecule has 0 radical (unpaired) electrons. The molecule has 0 saturated carbocycles. The van der Waals surface area contributed by atoms with E-state index in [0.717, 1.165) is 0 Å². The Kier molecular flexibility index (Phi) is 2.82. The maximum atomic E-state index is 10.9. The molecule has 3 nitrogen and oxygen atoms in total. The summed E-state index contributed by atoms with van der Waals surface area (Å²) < 4.78 is 0. The van der Waals surface area contributed by atoms with Crippen LogP contribution >= 0.6 is 0 Å². The van der Waals surface area contributed by atoms with Gasteiger partial charge in [-0.3, -0.25) is 4.79 Å². The van der Waals surface area contributed by atoms with Crippen LogP contribution in [0.5, 0.6) is 5.75 Å². The van der Waals surface area contributed by atoms with Crippen LogP contribution < -0.4 is 4.89 Å². The minimum absolute atomic E-state index is 0.0107. The first kappa shape index (κ1) is 8.74. The highest BCUT2D eigenvalue weighted by molar-refractivity contribution is 5.94. The van der Waals surface area contributed by atoms with E-state index in [-0.39, 0.29) is 5.78 Å². The van der Waals surface area contributed by atoms with Gasteiger partial charge in [-0.1, -0.05) is 12.1 Å². The van der Waals surface area contributed by atoms with E-state index >= 15 is 0 Å². The summed E-state index contributed by atoms with van der Waals surface area (Å²) in [5, 5.41) is 0. The quantitative estimate of drug-likeness (QED) is 0.390. The van der Waals surface area contributed by atoms with E-state index in [1.54, 1.807) is 24.3 Å². The van der Waals surface area contributed by atoms with Crippen LogP contribution in [-0.4, -0.2) is 12.9 Å². The maximum absolute atomic E-state index is 10.9. The topological polar surface area (TPSA) is 35.5 Å². The molecule has 0 heterocycles. The molecule has 0 aliphatic heterocycles. The fourth-order valence-electron chi connectivity index (χ4n) is 0.863. The van der Waals surface area contributed by atoms with Gasteiger partial charge in [0.25, 0.3) is 0 Å². The SMILES string of the molecule is COOc1cccc(C(C)=O)c1. The Morgan fingerprint density at radius 2 is 2.17 bits per heavy atom. The number of benzene rings is 1. The first-order valence-corrected chi connectivity index (χ1v) is 3.55. The molecule has 0 aliphatic rings. The summed E-state index contributed by atoms with van der Waals surface area (Å²) in [5.74, 6) is 0.543. The molecule has 0 amide bonds. The standard InChI is InChI=1S/C9H10O3/c1-7(10)8-4-3-5-9(6-8)12-11-2/h3-6H,1-2H3. The maximum Gasteiger partial charge on any atom is 0.166 e. The second-order valence-electron chi connectivity index (χ2n) is 2.33. The third-order valence-corrected chi connectivity index (χ3v) is 1.42. The molecule has 0 aliphatic carbocycles. The number of hydrogen-bond acceptors (Lipinski definition) is 3. The van der Waals surface area contributed by atoms with E-state index in [2.05, 4.69) is 4.89 Å². The van der Waals surface area contributed by atoms with Crippen LogP contribution in [0.25, 0.3) is 0 Å². The van der Waals surface area contributed by atoms with Crippen molar-refractivity contribution in [2.75, 3.05) is 7.11 Å². The van der Waals surface area contributed by atoms with Crippen molar-refractivity contribution in [3.63, 3.8) is 0 Å². The lowest BCUT2D eigenvalue weighted by molar-refractivity contribution is -0.178. The van der Waals surface area contributed by atoms with E-state index in [9.17, 15) is 4.79 Å². The van der Waals surface area contributed by atoms with Gasteiger partial charge in [0.05, 0.1) is 7.11 Å². The number of hydrogen-bond donors (Lipinski definition) is 0. The number of Topliss-reactive ketones (excluding diaryl/α,β-unsaturated/α-hetero) is 1. The first-order chi connectivity index (χ1) is 5.74. The van der Waals surface area contributed by atoms with E-state index in [4.69, 9.17) is 4.89 Å². The van der Waals surface area contributed by atoms with Crippen molar-refractivity contribution in [1.29, 1.82) is 0 Å². The van der Waals surface area contributed by atoms with Gasteiger partial charge in [-0.05, 0) is 19.1 Å². The first-order valence-electron chi connectivity index (χ1n) is 3.55. The van der Waals surface area contributed by atoms with Crippen LogP contribution in [-0.2, 0) is 4.89 Å². The predicted octanol–water partition coefficient (Wildman–Crippen LogP) is 1.83. The highest BCUT2D eigenvalue weighted by atomic mass is 17.2. The van der Waals surface area contributed by atoms with Crippen LogP contribution in [0.4, 0.5) is 0 Å². The molecule has 0 spiro atoms. The fourth-order valence-corrected chi connectivity index (χ4v) is 0.863. The molecule has 0 unspecified atom stereocenters. The van der Waals surface area contributed by atoms with Gasteiger partial charge in [0.1, 0.15) is 0 Å². The number of ketones is 1. The van der Waals surface area contributed by atoms with E-state index < -0.39 is 0 Å². The van der Waals surface area contributed by atoms with Gasteiger partial charge >= 0.3 is 0 Å². The Morgan fingerprint density at radius 3 is 2.75 bits per heavy atom. The molecular formula is C9H10O3. The summed E-state index contributed by atoms with van der Waals surface area (Å²) in [6.45, 7) is 1.51. The fraction of sp³-hybridized carbons (Fsp3) is 0.222. The second kappa shape index (κ2) is 3.88. The van der Waals surface area contributed by atoms with Crippen molar-refractivity contribution >= 4 is 5.78 Å². The van der Waals surface area contributed by atoms with Crippen LogP contribution in [0.1, 0.15) is 17.3 Å². The minimum Gasteiger partial charge on any atom is -0.338 e. The van der Waals surface area contributed by atoms with Crippen molar-refractivity contribution < 1.29 is 14.6 Å². The van der Waals surface area contributed by atoms with Crippen LogP contribution in [0, 0.1) is 0 Å². The minimum atomic E-state index is 0.0107. The second-order valence-corrected chi connectivity index (χ2v) is 2.33. The molecular weight excluding hydrogens is 156 g/mol. The summed E-state index contributed by atoms with van der Waals surface area (Å²) >= 11 is 0. The van der Waals surface area contributed by atoms with Crippen LogP contribution in [0.3, 0.4) is 0 Å². The zero-order valence-corrected chi connectivity index (χ0v) is 7.03. The Labute approximate surface area is 70.8 Å². The van der Waals surface area contributed by atoms with Gasteiger partial charge in [0, 0.05) is 5.56 Å². The highest BCUT2D eigenvalue weighted by Gasteiger charge is 2.00. The monoisotopic (exact) mass is 166 g/mol. The third-order valence-electron chi connectivity index (χ3n) is 1.42. The molecule has 1 rings (SSSR count). The van der Waals surface area contributed by atoms with Gasteiger partial charge in [-0.15, -0.1) is 0 Å². The molecule has 1 aromatic rings. The van der Waals surface area contributed by atoms with Gasteiger partial charge in [0.15, 0.2) is 11.5 Å². The lowest BCUT2D eigenvalue weighted by atomic mass is 10.1. The normalized spacial score (nSPS) is 9.50. The Bertz CT molecular complexity index is 281. The largest absolute Gasteiger partial charge is 0.338 e. The van der Waals surface area contributed by atoms with Crippen molar-refractivity contribution in [2.45, 2.75) is 6.92 Å². The Balaban J connectivity index is 2.88. The average molecular weight is 166 g/mol. The summed E-state index contributed by atoms with van der Waals surface area (Å²) in [7, 11) is 1.42. The molecule has 0 N–H and O–H groups in total. The van der Waals surface area contributed by atoms with Gasteiger partial charge < -0.3 is 4.89 Å². The summed E-state index contributed by atoms with van der Waals surface area (Å²) in [5.41, 5.74) is 0.615. The zero-order chi connectivity index (χ0) is 8.97. The van der Waals surface area contributed by atoms with Crippen LogP contribution in [0.2, 0.25) is 0 Å². The molecule has 3 heteroatoms. The average Bonchev–Trinajstić information content (AvgIpc) is 2.05. The van der Waals surface area contributed by atoms with Gasteiger partial charge in [-0.25, -0.2) is 0 Å². The smallest absolute Gasteiger partial charge is 0.166 e. The van der Waals surface area contributed by atoms with E-state index in [1.165, 1.54) is 14.0 Å². The molecule has 0 saturated heterocycles. The van der Waals surface area contributed by atoms with Crippen molar-refractivity contribution in [1.82, 2.24) is 0 Å². The van der Waals surface area contributed by atoms with Gasteiger partial charge in [0.2, 0.25) is 0 Å². The molecule has 12 heavy (non-hydrogen) atoms. The molecule has 0 bridgehead atoms. The summed E-state index contributed by atoms with van der Waals surface area (Å²) in [6.07, 6.45) is 0. The lowest BCUT2D eigenvalue weighted by Gasteiger charge is -2.01. The lowest BCUT2D eigenvalue weighted by Crippen LogP contribution is -1.94. The molecule has 1 aromatic carbocycles. The zero-order valence-electron chi connectivity index (χ0n) is 7.03. The summed E-state index contributed by atoms with van der Waals surface area (Å²) in [4.78, 5) is 20.1. The van der Waals surface area contributed by atoms with Crippen LogP contribution in [0.15, 0.2) is 24.3 Å². The number of rotatable bonds is 3. The Hall–Kier alpha value is -1.35. The van der Waals surface area contributed by atoms with Crippen molar-refractivity contribution in [3.8, 4) is 5.75 Å². The molecule has 0 aromatic heterocycles. The Morgan fingerprint density at radius 1 is 1.42 bits per heavy atom. The van der Waals surface area contributed by atoms with E-state index in [0.29, 0.717) is 11.3 Å². The third kappa shape index (κ3) is 2.07. The molecule has 0 atom stereocenters. The van der Waals surface area contributed by atoms with Gasteiger partial charge in [-0.2, -0.15) is 4.89 Å². The highest BCUT2D eigenvalue weighted by Crippen LogP contribution is 2.13. The number of carbonyl (C=O) groups excluding carboxylic acids is 1.